The molecule has 0 radical (unpaired) electrons. The van der Waals surface area contributed by atoms with Gasteiger partial charge in [0.1, 0.15) is 0 Å². The third-order valence-electron chi connectivity index (χ3n) is 2.44. The van der Waals surface area contributed by atoms with Crippen LogP contribution in [0.3, 0.4) is 0 Å². The number of carbonyl (C=O) groups is 1. The Balaban J connectivity index is 0.00000162. The minimum absolute atomic E-state index is 0. The fraction of sp³-hybridized carbons (Fsp3) is 0. The fourth-order valence-electron chi connectivity index (χ4n) is 1.68. The number of hydrogen-bond donors (Lipinski definition) is 0. The van der Waals surface area contributed by atoms with Gasteiger partial charge in [0.25, 0.3) is 0 Å². The van der Waals surface area contributed by atoms with E-state index < -0.39 is 5.97 Å². The Hall–Kier alpha value is -1.35. The van der Waals surface area contributed by atoms with Crippen molar-refractivity contribution in [1.82, 2.24) is 0 Å². The number of aliphatic carboxylic acids is 1. The van der Waals surface area contributed by atoms with Crippen molar-refractivity contribution in [1.29, 1.82) is 0 Å². The van der Waals surface area contributed by atoms with E-state index in [2.05, 4.69) is 0 Å². The molecule has 0 aliphatic carbocycles. The quantitative estimate of drug-likeness (QED) is 0.521. The first kappa shape index (κ1) is 14.7. The summed E-state index contributed by atoms with van der Waals surface area (Å²) in [6, 6.07) is 17.5. The van der Waals surface area contributed by atoms with Gasteiger partial charge in [-0.3, -0.25) is 0 Å². The SMILES string of the molecule is O=C([O-])/C=C/c1ccccc1-c1ccccc1.[Na+]. The van der Waals surface area contributed by atoms with Crippen LogP contribution in [0, 0.1) is 0 Å². The smallest absolute Gasteiger partial charge is 0.545 e. The first-order valence-corrected chi connectivity index (χ1v) is 5.31. The molecule has 0 aliphatic rings. The predicted molar refractivity (Wildman–Crippen MR) is 65.9 cm³/mol. The molecule has 0 atom stereocenters. The van der Waals surface area contributed by atoms with E-state index in [9.17, 15) is 9.90 Å². The van der Waals surface area contributed by atoms with E-state index in [1.165, 1.54) is 0 Å². The Morgan fingerprint density at radius 3 is 2.22 bits per heavy atom. The summed E-state index contributed by atoms with van der Waals surface area (Å²) in [6.45, 7) is 0. The number of hydrogen-bond acceptors (Lipinski definition) is 2. The summed E-state index contributed by atoms with van der Waals surface area (Å²) >= 11 is 0. The van der Waals surface area contributed by atoms with Crippen molar-refractivity contribution in [2.24, 2.45) is 0 Å². The molecule has 0 saturated carbocycles. The van der Waals surface area contributed by atoms with Crippen LogP contribution in [0.2, 0.25) is 0 Å². The summed E-state index contributed by atoms with van der Waals surface area (Å²) in [5.74, 6) is -1.19. The second kappa shape index (κ2) is 7.17. The van der Waals surface area contributed by atoms with Crippen molar-refractivity contribution in [2.45, 2.75) is 0 Å². The summed E-state index contributed by atoms with van der Waals surface area (Å²) in [7, 11) is 0. The molecule has 2 aromatic rings. The van der Waals surface area contributed by atoms with E-state index in [-0.39, 0.29) is 29.6 Å². The van der Waals surface area contributed by atoms with E-state index in [4.69, 9.17) is 0 Å². The van der Waals surface area contributed by atoms with Gasteiger partial charge in [-0.15, -0.1) is 0 Å². The minimum Gasteiger partial charge on any atom is -0.545 e. The Kier molecular flexibility index (Phi) is 5.86. The molecule has 2 rings (SSSR count). The Morgan fingerprint density at radius 2 is 1.56 bits per heavy atom. The minimum atomic E-state index is -1.19. The molecule has 0 aromatic heterocycles. The summed E-state index contributed by atoms with van der Waals surface area (Å²) < 4.78 is 0. The molecule has 0 fully saturated rings. The summed E-state index contributed by atoms with van der Waals surface area (Å²) in [6.07, 6.45) is 2.60. The molecule has 0 heterocycles. The number of carbonyl (C=O) groups excluding carboxylic acids is 1. The van der Waals surface area contributed by atoms with Gasteiger partial charge in [-0.2, -0.15) is 0 Å². The van der Waals surface area contributed by atoms with Crippen LogP contribution in [0.15, 0.2) is 60.7 Å². The second-order valence-electron chi connectivity index (χ2n) is 3.61. The van der Waals surface area contributed by atoms with Crippen molar-refractivity contribution < 1.29 is 39.5 Å². The molecule has 2 aromatic carbocycles. The first-order valence-electron chi connectivity index (χ1n) is 5.31. The molecule has 0 saturated heterocycles. The Bertz CT molecular complexity index is 547. The molecule has 0 spiro atoms. The van der Waals surface area contributed by atoms with Gasteiger partial charge in [-0.05, 0) is 22.8 Å². The topological polar surface area (TPSA) is 40.1 Å². The van der Waals surface area contributed by atoms with Gasteiger partial charge in [0.2, 0.25) is 0 Å². The van der Waals surface area contributed by atoms with E-state index in [0.29, 0.717) is 0 Å². The largest absolute Gasteiger partial charge is 1.00 e. The molecular formula is C15H11NaO2. The average molecular weight is 246 g/mol. The zero-order valence-electron chi connectivity index (χ0n) is 10.2. The molecule has 2 nitrogen and oxygen atoms in total. The van der Waals surface area contributed by atoms with Crippen LogP contribution in [0.1, 0.15) is 5.56 Å². The number of rotatable bonds is 3. The monoisotopic (exact) mass is 246 g/mol. The summed E-state index contributed by atoms with van der Waals surface area (Å²) in [5, 5.41) is 10.4. The second-order valence-corrected chi connectivity index (χ2v) is 3.61. The molecule has 0 bridgehead atoms. The van der Waals surface area contributed by atoms with Gasteiger partial charge in [-0.1, -0.05) is 60.7 Å². The maximum absolute atomic E-state index is 10.4. The fourth-order valence-corrected chi connectivity index (χ4v) is 1.68. The van der Waals surface area contributed by atoms with Crippen molar-refractivity contribution >= 4 is 12.0 Å². The van der Waals surface area contributed by atoms with E-state index in [0.717, 1.165) is 22.8 Å². The standard InChI is InChI=1S/C15H12O2.Na/c16-15(17)11-10-13-8-4-5-9-14(13)12-6-2-1-3-7-12;/h1-11H,(H,16,17);/q;+1/p-1/b11-10+;. The molecule has 0 aliphatic heterocycles. The van der Waals surface area contributed by atoms with Crippen molar-refractivity contribution in [3.05, 3.63) is 66.2 Å². The van der Waals surface area contributed by atoms with Gasteiger partial charge < -0.3 is 9.90 Å². The van der Waals surface area contributed by atoms with E-state index >= 15 is 0 Å². The van der Waals surface area contributed by atoms with Crippen LogP contribution >= 0.6 is 0 Å². The van der Waals surface area contributed by atoms with Crippen molar-refractivity contribution in [2.75, 3.05) is 0 Å². The Morgan fingerprint density at radius 1 is 0.944 bits per heavy atom. The first-order chi connectivity index (χ1) is 8.27. The van der Waals surface area contributed by atoms with E-state index in [1.54, 1.807) is 6.08 Å². The molecule has 0 N–H and O–H groups in total. The zero-order chi connectivity index (χ0) is 12.1. The van der Waals surface area contributed by atoms with Crippen LogP contribution in [0.5, 0.6) is 0 Å². The molecule has 84 valence electrons. The molecule has 18 heavy (non-hydrogen) atoms. The van der Waals surface area contributed by atoms with Gasteiger partial charge in [0, 0.05) is 0 Å². The summed E-state index contributed by atoms with van der Waals surface area (Å²) in [4.78, 5) is 10.4. The van der Waals surface area contributed by atoms with Gasteiger partial charge in [0.15, 0.2) is 0 Å². The zero-order valence-corrected chi connectivity index (χ0v) is 12.2. The van der Waals surface area contributed by atoms with Crippen molar-refractivity contribution in [3.8, 4) is 11.1 Å². The van der Waals surface area contributed by atoms with E-state index in [1.807, 2.05) is 54.6 Å². The Labute approximate surface area is 128 Å². The number of carboxylic acid groups (broad SMARTS) is 1. The predicted octanol–water partition coefficient (Wildman–Crippen LogP) is -0.879. The maximum Gasteiger partial charge on any atom is 1.00 e. The number of benzene rings is 2. The van der Waals surface area contributed by atoms with Gasteiger partial charge >= 0.3 is 29.6 Å². The molecular weight excluding hydrogens is 235 g/mol. The van der Waals surface area contributed by atoms with Crippen LogP contribution in [0.4, 0.5) is 0 Å². The third-order valence-corrected chi connectivity index (χ3v) is 2.44. The molecule has 0 unspecified atom stereocenters. The van der Waals surface area contributed by atoms with Crippen LogP contribution in [-0.4, -0.2) is 5.97 Å². The maximum atomic E-state index is 10.4. The third kappa shape index (κ3) is 3.84. The normalized spacial score (nSPS) is 10.0. The molecule has 0 amide bonds. The van der Waals surface area contributed by atoms with Crippen LogP contribution < -0.4 is 34.7 Å². The summed E-state index contributed by atoms with van der Waals surface area (Å²) in [5.41, 5.74) is 2.93. The molecule has 3 heteroatoms. The van der Waals surface area contributed by atoms with Gasteiger partial charge in [-0.25, -0.2) is 0 Å². The van der Waals surface area contributed by atoms with Gasteiger partial charge in [0.05, 0.1) is 5.97 Å². The number of carboxylic acids is 1. The average Bonchev–Trinajstić information content (AvgIpc) is 2.38. The van der Waals surface area contributed by atoms with Crippen LogP contribution in [0.25, 0.3) is 17.2 Å². The van der Waals surface area contributed by atoms with Crippen molar-refractivity contribution in [3.63, 3.8) is 0 Å². The van der Waals surface area contributed by atoms with Crippen LogP contribution in [-0.2, 0) is 4.79 Å².